The minimum Gasteiger partial charge on any atom is -0.469 e. The summed E-state index contributed by atoms with van der Waals surface area (Å²) < 4.78 is 4.77. The van der Waals surface area contributed by atoms with Crippen molar-refractivity contribution in [2.24, 2.45) is 17.6 Å². The lowest BCUT2D eigenvalue weighted by atomic mass is 9.95. The van der Waals surface area contributed by atoms with Crippen molar-refractivity contribution in [3.05, 3.63) is 0 Å². The Bertz CT molecular complexity index is 431. The SMILES string of the molecule is CCC[C@H](CC(=O)OC)CN(C(=O)[C@H](CBr)CCC)[C@@H](CC)C(N)=O. The number of nitrogens with zero attached hydrogens (tertiary/aromatic N) is 1. The summed E-state index contributed by atoms with van der Waals surface area (Å²) in [7, 11) is 1.36. The molecule has 3 atom stereocenters. The summed E-state index contributed by atoms with van der Waals surface area (Å²) in [6.07, 6.45) is 3.97. The van der Waals surface area contributed by atoms with Gasteiger partial charge in [0.1, 0.15) is 6.04 Å². The van der Waals surface area contributed by atoms with Crippen molar-refractivity contribution in [2.75, 3.05) is 19.0 Å². The molecule has 0 aromatic rings. The Kier molecular flexibility index (Phi) is 12.6. The summed E-state index contributed by atoms with van der Waals surface area (Å²) in [5.41, 5.74) is 5.54. The van der Waals surface area contributed by atoms with E-state index in [9.17, 15) is 14.4 Å². The van der Waals surface area contributed by atoms with Crippen LogP contribution in [-0.2, 0) is 19.1 Å². The van der Waals surface area contributed by atoms with Crippen LogP contribution in [0.1, 0.15) is 59.3 Å². The molecular formula is C18H33BrN2O4. The summed E-state index contributed by atoms with van der Waals surface area (Å²) in [5.74, 6) is -1.13. The Balaban J connectivity index is 5.50. The summed E-state index contributed by atoms with van der Waals surface area (Å²) >= 11 is 3.40. The Morgan fingerprint density at radius 1 is 1.12 bits per heavy atom. The Morgan fingerprint density at radius 2 is 1.72 bits per heavy atom. The Labute approximate surface area is 160 Å². The maximum Gasteiger partial charge on any atom is 0.305 e. The summed E-state index contributed by atoms with van der Waals surface area (Å²) in [4.78, 5) is 38.2. The highest BCUT2D eigenvalue weighted by Gasteiger charge is 2.33. The van der Waals surface area contributed by atoms with Gasteiger partial charge < -0.3 is 15.4 Å². The molecule has 0 radical (unpaired) electrons. The number of hydrogen-bond donors (Lipinski definition) is 1. The van der Waals surface area contributed by atoms with Gasteiger partial charge in [-0.25, -0.2) is 0 Å². The van der Waals surface area contributed by atoms with Crippen molar-refractivity contribution >= 4 is 33.7 Å². The molecule has 0 aliphatic heterocycles. The van der Waals surface area contributed by atoms with Gasteiger partial charge in [0.15, 0.2) is 0 Å². The maximum atomic E-state index is 13.0. The molecule has 0 aromatic heterocycles. The number of rotatable bonds is 13. The van der Waals surface area contributed by atoms with Crippen molar-refractivity contribution in [1.29, 1.82) is 0 Å². The first kappa shape index (κ1) is 23.9. The van der Waals surface area contributed by atoms with Crippen LogP contribution in [0, 0.1) is 11.8 Å². The normalized spacial score (nSPS) is 14.4. The fourth-order valence-corrected chi connectivity index (χ4v) is 3.66. The summed E-state index contributed by atoms with van der Waals surface area (Å²) in [6, 6.07) is -0.650. The highest BCUT2D eigenvalue weighted by atomic mass is 79.9. The third kappa shape index (κ3) is 8.21. The monoisotopic (exact) mass is 420 g/mol. The lowest BCUT2D eigenvalue weighted by Gasteiger charge is -2.34. The van der Waals surface area contributed by atoms with E-state index in [2.05, 4.69) is 15.9 Å². The van der Waals surface area contributed by atoms with Gasteiger partial charge in [-0.2, -0.15) is 0 Å². The minimum absolute atomic E-state index is 0.0487. The van der Waals surface area contributed by atoms with E-state index < -0.39 is 11.9 Å². The van der Waals surface area contributed by atoms with Crippen LogP contribution in [0.2, 0.25) is 0 Å². The van der Waals surface area contributed by atoms with Gasteiger partial charge >= 0.3 is 5.97 Å². The van der Waals surface area contributed by atoms with E-state index in [1.807, 2.05) is 20.8 Å². The second-order valence-electron chi connectivity index (χ2n) is 6.39. The van der Waals surface area contributed by atoms with Crippen LogP contribution < -0.4 is 5.73 Å². The molecule has 0 aliphatic carbocycles. The quantitative estimate of drug-likeness (QED) is 0.366. The highest BCUT2D eigenvalue weighted by molar-refractivity contribution is 9.09. The lowest BCUT2D eigenvalue weighted by molar-refractivity contribution is -0.146. The van der Waals surface area contributed by atoms with Crippen LogP contribution in [0.4, 0.5) is 0 Å². The number of ether oxygens (including phenoxy) is 1. The van der Waals surface area contributed by atoms with Gasteiger partial charge in [0.05, 0.1) is 7.11 Å². The fourth-order valence-electron chi connectivity index (χ4n) is 3.06. The van der Waals surface area contributed by atoms with Crippen LogP contribution in [0.25, 0.3) is 0 Å². The number of carbonyl (C=O) groups is 3. The molecule has 0 saturated carbocycles. The Hall–Kier alpha value is -1.11. The first-order valence-electron chi connectivity index (χ1n) is 9.08. The number of esters is 1. The van der Waals surface area contributed by atoms with Gasteiger partial charge in [0.2, 0.25) is 11.8 Å². The third-order valence-electron chi connectivity index (χ3n) is 4.38. The minimum atomic E-state index is -0.650. The predicted molar refractivity (Wildman–Crippen MR) is 102 cm³/mol. The van der Waals surface area contributed by atoms with Crippen molar-refractivity contribution in [2.45, 2.75) is 65.3 Å². The topological polar surface area (TPSA) is 89.7 Å². The van der Waals surface area contributed by atoms with E-state index in [-0.39, 0.29) is 30.1 Å². The number of amides is 2. The van der Waals surface area contributed by atoms with Gasteiger partial charge in [-0.1, -0.05) is 49.5 Å². The van der Waals surface area contributed by atoms with Crippen LogP contribution >= 0.6 is 15.9 Å². The smallest absolute Gasteiger partial charge is 0.305 e. The molecule has 0 heterocycles. The number of methoxy groups -OCH3 is 1. The summed E-state index contributed by atoms with van der Waals surface area (Å²) in [6.45, 7) is 6.24. The second-order valence-corrected chi connectivity index (χ2v) is 7.04. The number of carbonyl (C=O) groups excluding carboxylic acids is 3. The van der Waals surface area contributed by atoms with E-state index in [0.29, 0.717) is 18.3 Å². The molecule has 0 unspecified atom stereocenters. The number of alkyl halides is 1. The van der Waals surface area contributed by atoms with Crippen LogP contribution in [-0.4, -0.2) is 47.7 Å². The molecule has 25 heavy (non-hydrogen) atoms. The standard InChI is InChI=1S/C18H33BrN2O4/c1-5-8-13(10-16(22)25-4)12-21(15(7-3)17(20)23)18(24)14(11-19)9-6-2/h13-15H,5-12H2,1-4H3,(H2,20,23)/t13-,14+,15+/m1/s1. The second kappa shape index (κ2) is 13.1. The molecule has 6 nitrogen and oxygen atoms in total. The van der Waals surface area contributed by atoms with E-state index in [1.54, 1.807) is 4.90 Å². The van der Waals surface area contributed by atoms with Crippen LogP contribution in [0.15, 0.2) is 0 Å². The molecular weight excluding hydrogens is 388 g/mol. The predicted octanol–water partition coefficient (Wildman–Crippen LogP) is 2.87. The molecule has 0 aromatic carbocycles. The molecule has 2 N–H and O–H groups in total. The molecule has 0 bridgehead atoms. The largest absolute Gasteiger partial charge is 0.469 e. The molecule has 7 heteroatoms. The van der Waals surface area contributed by atoms with Crippen LogP contribution in [0.5, 0.6) is 0 Å². The zero-order chi connectivity index (χ0) is 19.4. The van der Waals surface area contributed by atoms with E-state index >= 15 is 0 Å². The van der Waals surface area contributed by atoms with Gasteiger partial charge in [0, 0.05) is 24.2 Å². The lowest BCUT2D eigenvalue weighted by Crippen LogP contribution is -2.51. The highest BCUT2D eigenvalue weighted by Crippen LogP contribution is 2.21. The van der Waals surface area contributed by atoms with E-state index in [1.165, 1.54) is 7.11 Å². The van der Waals surface area contributed by atoms with Gasteiger partial charge in [-0.05, 0) is 25.2 Å². The van der Waals surface area contributed by atoms with Crippen molar-refractivity contribution in [3.63, 3.8) is 0 Å². The zero-order valence-corrected chi connectivity index (χ0v) is 17.5. The number of halogens is 1. The molecule has 146 valence electrons. The first-order valence-corrected chi connectivity index (χ1v) is 10.2. The number of hydrogen-bond acceptors (Lipinski definition) is 4. The van der Waals surface area contributed by atoms with Crippen molar-refractivity contribution < 1.29 is 19.1 Å². The first-order chi connectivity index (χ1) is 11.9. The fraction of sp³-hybridized carbons (Fsp3) is 0.833. The van der Waals surface area contributed by atoms with Crippen molar-refractivity contribution in [3.8, 4) is 0 Å². The average molecular weight is 421 g/mol. The van der Waals surface area contributed by atoms with E-state index in [0.717, 1.165) is 25.7 Å². The zero-order valence-electron chi connectivity index (χ0n) is 15.9. The van der Waals surface area contributed by atoms with E-state index in [4.69, 9.17) is 10.5 Å². The average Bonchev–Trinajstić information content (AvgIpc) is 2.58. The Morgan fingerprint density at radius 3 is 2.12 bits per heavy atom. The molecule has 0 saturated heterocycles. The molecule has 0 rings (SSSR count). The van der Waals surface area contributed by atoms with Crippen LogP contribution in [0.3, 0.4) is 0 Å². The van der Waals surface area contributed by atoms with Gasteiger partial charge in [-0.15, -0.1) is 0 Å². The van der Waals surface area contributed by atoms with Gasteiger partial charge in [-0.3, -0.25) is 14.4 Å². The molecule has 0 fully saturated rings. The number of nitrogens with two attached hydrogens (primary N) is 1. The number of primary amides is 1. The van der Waals surface area contributed by atoms with Crippen molar-refractivity contribution in [1.82, 2.24) is 4.90 Å². The molecule has 2 amide bonds. The van der Waals surface area contributed by atoms with Gasteiger partial charge in [0.25, 0.3) is 0 Å². The summed E-state index contributed by atoms with van der Waals surface area (Å²) in [5, 5.41) is 0.542. The molecule has 0 aliphatic rings. The third-order valence-corrected chi connectivity index (χ3v) is 5.16. The molecule has 0 spiro atoms. The maximum absolute atomic E-state index is 13.0.